The molecule has 0 spiro atoms. The number of aliphatic carboxylic acids is 1. The zero-order valence-corrected chi connectivity index (χ0v) is 7.86. The maximum Gasteiger partial charge on any atom is 0.312 e. The van der Waals surface area contributed by atoms with Gasteiger partial charge in [0.05, 0.1) is 5.92 Å². The van der Waals surface area contributed by atoms with Gasteiger partial charge in [0.2, 0.25) is 0 Å². The molecule has 0 fully saturated rings. The Morgan fingerprint density at radius 2 is 1.73 bits per heavy atom. The number of carbonyl (C=O) groups is 1. The maximum atomic E-state index is 12.2. The first-order chi connectivity index (χ1) is 7.06. The van der Waals surface area contributed by atoms with Crippen LogP contribution in [-0.2, 0) is 4.79 Å². The Hall–Kier alpha value is -1.49. The van der Waals surface area contributed by atoms with Gasteiger partial charge < -0.3 is 10.8 Å². The van der Waals surface area contributed by atoms with Crippen LogP contribution in [0.4, 0.5) is 8.78 Å². The SMILES string of the molecule is NCC(C(=O)O)c1ccc(C(F)F)cc1. The Bertz CT molecular complexity index is 338. The molecule has 3 N–H and O–H groups in total. The average molecular weight is 215 g/mol. The molecule has 1 aromatic rings. The predicted octanol–water partition coefficient (Wildman–Crippen LogP) is 1.75. The molecule has 0 radical (unpaired) electrons. The molecule has 15 heavy (non-hydrogen) atoms. The highest BCUT2D eigenvalue weighted by molar-refractivity contribution is 5.76. The van der Waals surface area contributed by atoms with Crippen molar-refractivity contribution < 1.29 is 18.7 Å². The fourth-order valence-electron chi connectivity index (χ4n) is 1.25. The number of hydrogen-bond acceptors (Lipinski definition) is 2. The molecule has 0 saturated carbocycles. The second kappa shape index (κ2) is 4.84. The molecular weight excluding hydrogens is 204 g/mol. The molecule has 82 valence electrons. The van der Waals surface area contributed by atoms with E-state index in [1.165, 1.54) is 24.3 Å². The van der Waals surface area contributed by atoms with Gasteiger partial charge in [0.15, 0.2) is 0 Å². The summed E-state index contributed by atoms with van der Waals surface area (Å²) in [5, 5.41) is 8.78. The van der Waals surface area contributed by atoms with Crippen molar-refractivity contribution in [1.82, 2.24) is 0 Å². The molecule has 0 aliphatic heterocycles. The molecule has 1 rings (SSSR count). The fourth-order valence-corrected chi connectivity index (χ4v) is 1.25. The molecule has 0 amide bonds. The molecule has 0 saturated heterocycles. The fraction of sp³-hybridized carbons (Fsp3) is 0.300. The van der Waals surface area contributed by atoms with E-state index < -0.39 is 18.3 Å². The molecule has 0 bridgehead atoms. The normalized spacial score (nSPS) is 12.8. The first-order valence-electron chi connectivity index (χ1n) is 4.37. The van der Waals surface area contributed by atoms with Crippen LogP contribution >= 0.6 is 0 Å². The zero-order chi connectivity index (χ0) is 11.4. The minimum atomic E-state index is -2.54. The van der Waals surface area contributed by atoms with Crippen LogP contribution in [0.15, 0.2) is 24.3 Å². The number of halogens is 2. The van der Waals surface area contributed by atoms with Gasteiger partial charge in [-0.15, -0.1) is 0 Å². The summed E-state index contributed by atoms with van der Waals surface area (Å²) in [7, 11) is 0. The van der Waals surface area contributed by atoms with Crippen molar-refractivity contribution in [1.29, 1.82) is 0 Å². The van der Waals surface area contributed by atoms with Crippen LogP contribution in [0.1, 0.15) is 23.5 Å². The maximum absolute atomic E-state index is 12.2. The van der Waals surface area contributed by atoms with Gasteiger partial charge >= 0.3 is 5.97 Å². The Morgan fingerprint density at radius 1 is 1.27 bits per heavy atom. The molecule has 0 heterocycles. The standard InChI is InChI=1S/C10H11F2NO2/c11-9(12)7-3-1-6(2-4-7)8(5-13)10(14)15/h1-4,8-9H,5,13H2,(H,14,15). The third kappa shape index (κ3) is 2.73. The molecule has 0 aromatic heterocycles. The van der Waals surface area contributed by atoms with Gasteiger partial charge in [-0.1, -0.05) is 24.3 Å². The van der Waals surface area contributed by atoms with Crippen molar-refractivity contribution in [2.45, 2.75) is 12.3 Å². The van der Waals surface area contributed by atoms with Gasteiger partial charge in [0.1, 0.15) is 0 Å². The van der Waals surface area contributed by atoms with E-state index in [0.717, 1.165) is 0 Å². The van der Waals surface area contributed by atoms with Crippen LogP contribution in [0.2, 0.25) is 0 Å². The second-order valence-corrected chi connectivity index (χ2v) is 3.09. The number of rotatable bonds is 4. The van der Waals surface area contributed by atoms with Gasteiger partial charge in [0, 0.05) is 12.1 Å². The molecule has 1 unspecified atom stereocenters. The first kappa shape index (κ1) is 11.6. The lowest BCUT2D eigenvalue weighted by Gasteiger charge is -2.10. The summed E-state index contributed by atoms with van der Waals surface area (Å²) >= 11 is 0. The Labute approximate surface area is 85.5 Å². The summed E-state index contributed by atoms with van der Waals surface area (Å²) in [4.78, 5) is 10.7. The highest BCUT2D eigenvalue weighted by Gasteiger charge is 2.18. The second-order valence-electron chi connectivity index (χ2n) is 3.09. The largest absolute Gasteiger partial charge is 0.481 e. The lowest BCUT2D eigenvalue weighted by Crippen LogP contribution is -2.21. The number of alkyl halides is 2. The predicted molar refractivity (Wildman–Crippen MR) is 50.8 cm³/mol. The van der Waals surface area contributed by atoms with E-state index in [0.29, 0.717) is 5.56 Å². The van der Waals surface area contributed by atoms with E-state index in [-0.39, 0.29) is 12.1 Å². The zero-order valence-electron chi connectivity index (χ0n) is 7.86. The minimum Gasteiger partial charge on any atom is -0.481 e. The molecule has 5 heteroatoms. The molecule has 0 aliphatic rings. The Balaban J connectivity index is 2.92. The summed E-state index contributed by atoms with van der Waals surface area (Å²) in [5.41, 5.74) is 5.59. The van der Waals surface area contributed by atoms with E-state index in [2.05, 4.69) is 0 Å². The van der Waals surface area contributed by atoms with Crippen molar-refractivity contribution in [3.05, 3.63) is 35.4 Å². The van der Waals surface area contributed by atoms with Crippen molar-refractivity contribution >= 4 is 5.97 Å². The summed E-state index contributed by atoms with van der Waals surface area (Å²) in [6.07, 6.45) is -2.54. The highest BCUT2D eigenvalue weighted by atomic mass is 19.3. The van der Waals surface area contributed by atoms with Crippen LogP contribution in [0.3, 0.4) is 0 Å². The Kier molecular flexibility index (Phi) is 3.74. The van der Waals surface area contributed by atoms with Gasteiger partial charge in [-0.2, -0.15) is 0 Å². The molecule has 3 nitrogen and oxygen atoms in total. The van der Waals surface area contributed by atoms with Gasteiger partial charge in [-0.25, -0.2) is 8.78 Å². The van der Waals surface area contributed by atoms with E-state index in [1.807, 2.05) is 0 Å². The lowest BCUT2D eigenvalue weighted by molar-refractivity contribution is -0.138. The number of carboxylic acids is 1. The van der Waals surface area contributed by atoms with Crippen molar-refractivity contribution in [3.8, 4) is 0 Å². The molecule has 1 aromatic carbocycles. The number of carboxylic acid groups (broad SMARTS) is 1. The van der Waals surface area contributed by atoms with Crippen LogP contribution in [-0.4, -0.2) is 17.6 Å². The van der Waals surface area contributed by atoms with Crippen molar-refractivity contribution in [2.24, 2.45) is 5.73 Å². The average Bonchev–Trinajstić information content (AvgIpc) is 2.19. The quantitative estimate of drug-likeness (QED) is 0.804. The molecule has 0 aliphatic carbocycles. The summed E-state index contributed by atoms with van der Waals surface area (Å²) in [6, 6.07) is 5.16. The summed E-state index contributed by atoms with van der Waals surface area (Å²) in [5.74, 6) is -1.89. The topological polar surface area (TPSA) is 63.3 Å². The summed E-state index contributed by atoms with van der Waals surface area (Å²) < 4.78 is 24.4. The third-order valence-electron chi connectivity index (χ3n) is 2.12. The molecular formula is C10H11F2NO2. The van der Waals surface area contributed by atoms with E-state index >= 15 is 0 Å². The number of benzene rings is 1. The number of hydrogen-bond donors (Lipinski definition) is 2. The molecule has 1 atom stereocenters. The van der Waals surface area contributed by atoms with E-state index in [4.69, 9.17) is 10.8 Å². The van der Waals surface area contributed by atoms with Crippen LogP contribution < -0.4 is 5.73 Å². The van der Waals surface area contributed by atoms with E-state index in [9.17, 15) is 13.6 Å². The van der Waals surface area contributed by atoms with Gasteiger partial charge in [0.25, 0.3) is 6.43 Å². The number of nitrogens with two attached hydrogens (primary N) is 1. The van der Waals surface area contributed by atoms with Crippen LogP contribution in [0.5, 0.6) is 0 Å². The Morgan fingerprint density at radius 3 is 2.07 bits per heavy atom. The van der Waals surface area contributed by atoms with Crippen molar-refractivity contribution in [3.63, 3.8) is 0 Å². The smallest absolute Gasteiger partial charge is 0.312 e. The minimum absolute atomic E-state index is 0.0522. The first-order valence-corrected chi connectivity index (χ1v) is 4.37. The van der Waals surface area contributed by atoms with Crippen LogP contribution in [0.25, 0.3) is 0 Å². The van der Waals surface area contributed by atoms with Crippen molar-refractivity contribution in [2.75, 3.05) is 6.54 Å². The van der Waals surface area contributed by atoms with Gasteiger partial charge in [-0.05, 0) is 5.56 Å². The van der Waals surface area contributed by atoms with Gasteiger partial charge in [-0.3, -0.25) is 4.79 Å². The lowest BCUT2D eigenvalue weighted by atomic mass is 9.98. The third-order valence-corrected chi connectivity index (χ3v) is 2.12. The monoisotopic (exact) mass is 215 g/mol. The van der Waals surface area contributed by atoms with Crippen LogP contribution in [0, 0.1) is 0 Å². The van der Waals surface area contributed by atoms with E-state index in [1.54, 1.807) is 0 Å². The highest BCUT2D eigenvalue weighted by Crippen LogP contribution is 2.21. The summed E-state index contributed by atoms with van der Waals surface area (Å²) in [6.45, 7) is -0.0522.